The number of nitrogens with two attached hydrogens (primary N) is 1. The van der Waals surface area contributed by atoms with Crippen LogP contribution in [0.5, 0.6) is 0 Å². The van der Waals surface area contributed by atoms with Crippen LogP contribution in [0.1, 0.15) is 26.7 Å². The zero-order chi connectivity index (χ0) is 13.5. The number of rotatable bonds is 6. The summed E-state index contributed by atoms with van der Waals surface area (Å²) >= 11 is 1.90. The molecule has 0 bridgehead atoms. The first-order valence-corrected chi connectivity index (χ1v) is 7.47. The van der Waals surface area contributed by atoms with E-state index in [0.717, 1.165) is 6.42 Å². The van der Waals surface area contributed by atoms with Crippen molar-refractivity contribution in [2.24, 2.45) is 11.7 Å². The van der Waals surface area contributed by atoms with Gasteiger partial charge < -0.3 is 16.4 Å². The molecule has 0 aromatic rings. The van der Waals surface area contributed by atoms with E-state index in [9.17, 15) is 9.59 Å². The van der Waals surface area contributed by atoms with Crippen LogP contribution in [0.25, 0.3) is 0 Å². The van der Waals surface area contributed by atoms with Crippen LogP contribution in [0, 0.1) is 5.92 Å². The number of nitrogens with one attached hydrogen (secondary N) is 2. The van der Waals surface area contributed by atoms with Crippen molar-refractivity contribution < 1.29 is 9.59 Å². The molecule has 0 aliphatic carbocycles. The van der Waals surface area contributed by atoms with Gasteiger partial charge in [-0.3, -0.25) is 9.59 Å². The van der Waals surface area contributed by atoms with Gasteiger partial charge in [0, 0.05) is 11.8 Å². The molecular weight excluding hydrogens is 286 g/mol. The van der Waals surface area contributed by atoms with Crippen LogP contribution < -0.4 is 16.4 Å². The van der Waals surface area contributed by atoms with Crippen molar-refractivity contribution in [3.63, 3.8) is 0 Å². The van der Waals surface area contributed by atoms with Gasteiger partial charge in [0.2, 0.25) is 11.8 Å². The summed E-state index contributed by atoms with van der Waals surface area (Å²) < 4.78 is 0. The number of carbonyl (C=O) groups excluding carboxylic acids is 2. The highest BCUT2D eigenvalue weighted by Crippen LogP contribution is 2.25. The van der Waals surface area contributed by atoms with E-state index >= 15 is 0 Å². The second-order valence-electron chi connectivity index (χ2n) is 4.93. The van der Waals surface area contributed by atoms with Gasteiger partial charge in [0.15, 0.2) is 0 Å². The number of hydrogen-bond acceptors (Lipinski definition) is 4. The molecule has 19 heavy (non-hydrogen) atoms. The highest BCUT2D eigenvalue weighted by atomic mass is 35.5. The van der Waals surface area contributed by atoms with E-state index in [1.807, 2.05) is 25.6 Å². The summed E-state index contributed by atoms with van der Waals surface area (Å²) in [6.07, 6.45) is 2.39. The standard InChI is InChI=1S/C12H23N3O2S.ClH/c1-8(2)11(13)12(17)15-7-10(16)14-6-9-4-3-5-18-9;/h8-9,11H,3-7,13H2,1-2H3,(H,14,16)(H,15,17);1H/t9?,11-;/m0./s1. The predicted molar refractivity (Wildman–Crippen MR) is 81.6 cm³/mol. The van der Waals surface area contributed by atoms with Gasteiger partial charge in [-0.1, -0.05) is 13.8 Å². The third kappa shape index (κ3) is 7.03. The number of thioether (sulfide) groups is 1. The lowest BCUT2D eigenvalue weighted by atomic mass is 10.1. The lowest BCUT2D eigenvalue weighted by Gasteiger charge is -2.15. The number of carbonyl (C=O) groups is 2. The van der Waals surface area contributed by atoms with Crippen LogP contribution in [0.3, 0.4) is 0 Å². The van der Waals surface area contributed by atoms with E-state index < -0.39 is 6.04 Å². The lowest BCUT2D eigenvalue weighted by molar-refractivity contribution is -0.127. The predicted octanol–water partition coefficient (Wildman–Crippen LogP) is 0.520. The van der Waals surface area contributed by atoms with E-state index in [1.165, 1.54) is 12.2 Å². The fourth-order valence-electron chi connectivity index (χ4n) is 1.68. The maximum atomic E-state index is 11.5. The largest absolute Gasteiger partial charge is 0.353 e. The van der Waals surface area contributed by atoms with Gasteiger partial charge in [0.25, 0.3) is 0 Å². The zero-order valence-corrected chi connectivity index (χ0v) is 13.1. The molecule has 1 heterocycles. The van der Waals surface area contributed by atoms with E-state index in [4.69, 9.17) is 5.73 Å². The summed E-state index contributed by atoms with van der Waals surface area (Å²) in [7, 11) is 0. The molecule has 1 rings (SSSR count). The van der Waals surface area contributed by atoms with Crippen LogP contribution in [0.2, 0.25) is 0 Å². The molecule has 0 aromatic carbocycles. The SMILES string of the molecule is CC(C)[C@H](N)C(=O)NCC(=O)NCC1CCCS1.Cl. The van der Waals surface area contributed by atoms with Gasteiger partial charge >= 0.3 is 0 Å². The molecule has 1 saturated heterocycles. The van der Waals surface area contributed by atoms with Crippen molar-refractivity contribution in [3.8, 4) is 0 Å². The average Bonchev–Trinajstić information content (AvgIpc) is 2.85. The number of halogens is 1. The average molecular weight is 310 g/mol. The van der Waals surface area contributed by atoms with Gasteiger partial charge in [0.05, 0.1) is 12.6 Å². The summed E-state index contributed by atoms with van der Waals surface area (Å²) in [4.78, 5) is 23.0. The summed E-state index contributed by atoms with van der Waals surface area (Å²) in [5.41, 5.74) is 5.67. The minimum atomic E-state index is -0.553. The Bertz CT molecular complexity index is 297. The van der Waals surface area contributed by atoms with Crippen molar-refractivity contribution >= 4 is 36.0 Å². The van der Waals surface area contributed by atoms with E-state index in [2.05, 4.69) is 10.6 Å². The zero-order valence-electron chi connectivity index (χ0n) is 11.5. The summed E-state index contributed by atoms with van der Waals surface area (Å²) in [5.74, 6) is 0.839. The van der Waals surface area contributed by atoms with E-state index in [0.29, 0.717) is 11.8 Å². The minimum Gasteiger partial charge on any atom is -0.353 e. The molecule has 1 aliphatic heterocycles. The number of amides is 2. The Morgan fingerprint density at radius 3 is 2.58 bits per heavy atom. The quantitative estimate of drug-likeness (QED) is 0.668. The molecule has 4 N–H and O–H groups in total. The normalized spacial score (nSPS) is 19.7. The maximum Gasteiger partial charge on any atom is 0.239 e. The summed E-state index contributed by atoms with van der Waals surface area (Å²) in [6, 6.07) is -0.553. The van der Waals surface area contributed by atoms with Crippen molar-refractivity contribution in [2.75, 3.05) is 18.8 Å². The Hall–Kier alpha value is -0.460. The molecule has 1 aliphatic rings. The summed E-state index contributed by atoms with van der Waals surface area (Å²) in [5, 5.41) is 5.92. The Labute approximate surface area is 125 Å². The fourth-order valence-corrected chi connectivity index (χ4v) is 2.88. The van der Waals surface area contributed by atoms with Gasteiger partial charge in [-0.2, -0.15) is 11.8 Å². The first-order valence-electron chi connectivity index (χ1n) is 6.42. The van der Waals surface area contributed by atoms with E-state index in [1.54, 1.807) is 0 Å². The van der Waals surface area contributed by atoms with E-state index in [-0.39, 0.29) is 36.7 Å². The second kappa shape index (κ2) is 9.44. The van der Waals surface area contributed by atoms with Crippen LogP contribution in [-0.2, 0) is 9.59 Å². The molecule has 1 unspecified atom stereocenters. The fraction of sp³-hybridized carbons (Fsp3) is 0.833. The topological polar surface area (TPSA) is 84.2 Å². The molecule has 112 valence electrons. The van der Waals surface area contributed by atoms with Crippen LogP contribution in [0.15, 0.2) is 0 Å². The Balaban J connectivity index is 0.00000324. The van der Waals surface area contributed by atoms with Crippen molar-refractivity contribution in [1.82, 2.24) is 10.6 Å². The van der Waals surface area contributed by atoms with Crippen LogP contribution in [-0.4, -0.2) is 41.9 Å². The molecule has 2 atom stereocenters. The van der Waals surface area contributed by atoms with Crippen molar-refractivity contribution in [2.45, 2.75) is 38.0 Å². The van der Waals surface area contributed by atoms with Gasteiger partial charge in [-0.05, 0) is 24.5 Å². The molecule has 0 radical (unpaired) electrons. The molecular formula is C12H24ClN3O2S. The molecule has 0 saturated carbocycles. The highest BCUT2D eigenvalue weighted by Gasteiger charge is 2.19. The Kier molecular flexibility index (Phi) is 9.22. The third-order valence-electron chi connectivity index (χ3n) is 3.00. The highest BCUT2D eigenvalue weighted by molar-refractivity contribution is 8.00. The lowest BCUT2D eigenvalue weighted by Crippen LogP contribution is -2.47. The third-order valence-corrected chi connectivity index (χ3v) is 4.39. The van der Waals surface area contributed by atoms with Crippen LogP contribution >= 0.6 is 24.2 Å². The monoisotopic (exact) mass is 309 g/mol. The first-order chi connectivity index (χ1) is 8.50. The van der Waals surface area contributed by atoms with Gasteiger partial charge in [-0.15, -0.1) is 12.4 Å². The van der Waals surface area contributed by atoms with Gasteiger partial charge in [-0.25, -0.2) is 0 Å². The van der Waals surface area contributed by atoms with Gasteiger partial charge in [0.1, 0.15) is 0 Å². The molecule has 5 nitrogen and oxygen atoms in total. The molecule has 1 fully saturated rings. The minimum absolute atomic E-state index is 0. The molecule has 2 amide bonds. The number of hydrogen-bond donors (Lipinski definition) is 3. The Morgan fingerprint density at radius 2 is 2.05 bits per heavy atom. The van der Waals surface area contributed by atoms with Crippen molar-refractivity contribution in [1.29, 1.82) is 0 Å². The molecule has 7 heteroatoms. The van der Waals surface area contributed by atoms with Crippen molar-refractivity contribution in [3.05, 3.63) is 0 Å². The second-order valence-corrected chi connectivity index (χ2v) is 6.33. The summed E-state index contributed by atoms with van der Waals surface area (Å²) in [6.45, 7) is 4.45. The Morgan fingerprint density at radius 1 is 1.37 bits per heavy atom. The molecule has 0 spiro atoms. The van der Waals surface area contributed by atoms with Crippen LogP contribution in [0.4, 0.5) is 0 Å². The smallest absolute Gasteiger partial charge is 0.239 e. The first kappa shape index (κ1) is 18.5. The maximum absolute atomic E-state index is 11.5. The molecule has 0 aromatic heterocycles.